The SMILES string of the molecule is CC1(C)CCC(C)(C)c2cc(NC(=O)c3ccc(C(=O)NCC(=O)NCC(=O)O)cc3)ccc21. The van der Waals surface area contributed by atoms with Crippen molar-refractivity contribution in [2.24, 2.45) is 0 Å². The van der Waals surface area contributed by atoms with E-state index in [1.807, 2.05) is 6.07 Å². The smallest absolute Gasteiger partial charge is 0.322 e. The highest BCUT2D eigenvalue weighted by Gasteiger charge is 2.37. The van der Waals surface area contributed by atoms with Crippen LogP contribution in [0.5, 0.6) is 0 Å². The first-order valence-electron chi connectivity index (χ1n) is 11.2. The van der Waals surface area contributed by atoms with E-state index in [0.29, 0.717) is 5.56 Å². The molecule has 3 amide bonds. The van der Waals surface area contributed by atoms with Crippen LogP contribution >= 0.6 is 0 Å². The molecule has 2 aromatic rings. The van der Waals surface area contributed by atoms with E-state index in [4.69, 9.17) is 5.11 Å². The number of carbonyl (C=O) groups excluding carboxylic acids is 3. The van der Waals surface area contributed by atoms with Gasteiger partial charge in [0.05, 0.1) is 6.54 Å². The van der Waals surface area contributed by atoms with E-state index in [9.17, 15) is 19.2 Å². The van der Waals surface area contributed by atoms with E-state index in [1.165, 1.54) is 23.3 Å². The van der Waals surface area contributed by atoms with Gasteiger partial charge in [0, 0.05) is 16.8 Å². The Labute approximate surface area is 199 Å². The number of hydrogen-bond acceptors (Lipinski definition) is 4. The molecule has 0 unspecified atom stereocenters. The van der Waals surface area contributed by atoms with Crippen molar-refractivity contribution in [3.8, 4) is 0 Å². The highest BCUT2D eigenvalue weighted by Crippen LogP contribution is 2.46. The van der Waals surface area contributed by atoms with Crippen molar-refractivity contribution in [2.75, 3.05) is 18.4 Å². The van der Waals surface area contributed by atoms with E-state index in [2.05, 4.69) is 55.8 Å². The lowest BCUT2D eigenvalue weighted by Gasteiger charge is -2.42. The van der Waals surface area contributed by atoms with Gasteiger partial charge in [0.25, 0.3) is 11.8 Å². The maximum absolute atomic E-state index is 12.8. The van der Waals surface area contributed by atoms with Crippen LogP contribution in [0, 0.1) is 0 Å². The minimum Gasteiger partial charge on any atom is -0.480 e. The van der Waals surface area contributed by atoms with Crippen molar-refractivity contribution in [2.45, 2.75) is 51.4 Å². The Morgan fingerprint density at radius 3 is 1.91 bits per heavy atom. The average Bonchev–Trinajstić information content (AvgIpc) is 2.79. The maximum atomic E-state index is 12.8. The Kier molecular flexibility index (Phi) is 7.09. The van der Waals surface area contributed by atoms with Crippen LogP contribution in [0.1, 0.15) is 72.4 Å². The van der Waals surface area contributed by atoms with Crippen molar-refractivity contribution in [1.29, 1.82) is 0 Å². The monoisotopic (exact) mass is 465 g/mol. The zero-order chi connectivity index (χ0) is 25.1. The number of carbonyl (C=O) groups is 4. The van der Waals surface area contributed by atoms with Crippen LogP contribution < -0.4 is 16.0 Å². The van der Waals surface area contributed by atoms with E-state index < -0.39 is 24.3 Å². The van der Waals surface area contributed by atoms with Gasteiger partial charge in [-0.05, 0) is 71.2 Å². The molecule has 0 atom stereocenters. The Balaban J connectivity index is 1.64. The summed E-state index contributed by atoms with van der Waals surface area (Å²) < 4.78 is 0. The molecule has 8 heteroatoms. The van der Waals surface area contributed by atoms with Gasteiger partial charge in [0.1, 0.15) is 6.54 Å². The Morgan fingerprint density at radius 1 is 0.765 bits per heavy atom. The molecular weight excluding hydrogens is 434 g/mol. The molecular formula is C26H31N3O5. The molecule has 4 N–H and O–H groups in total. The van der Waals surface area contributed by atoms with Crippen molar-refractivity contribution in [1.82, 2.24) is 10.6 Å². The van der Waals surface area contributed by atoms with Crippen LogP contribution in [0.3, 0.4) is 0 Å². The van der Waals surface area contributed by atoms with Gasteiger partial charge in [-0.2, -0.15) is 0 Å². The number of nitrogens with one attached hydrogen (secondary N) is 3. The predicted molar refractivity (Wildman–Crippen MR) is 129 cm³/mol. The standard InChI is InChI=1S/C26H31N3O5/c1-25(2)11-12-26(3,4)20-13-18(9-10-19(20)25)29-24(34)17-7-5-16(6-8-17)23(33)28-14-21(30)27-15-22(31)32/h5-10,13H,11-12,14-15H2,1-4H3,(H,27,30)(H,28,33)(H,29,34)(H,31,32). The van der Waals surface area contributed by atoms with E-state index in [1.54, 1.807) is 12.1 Å². The van der Waals surface area contributed by atoms with Gasteiger partial charge in [-0.1, -0.05) is 33.8 Å². The summed E-state index contributed by atoms with van der Waals surface area (Å²) in [5, 5.41) is 16.1. The number of carboxylic acids is 1. The zero-order valence-corrected chi connectivity index (χ0v) is 20.0. The van der Waals surface area contributed by atoms with E-state index in [0.717, 1.165) is 18.5 Å². The molecule has 0 saturated carbocycles. The molecule has 0 bridgehead atoms. The second-order valence-corrected chi connectivity index (χ2v) is 9.91. The van der Waals surface area contributed by atoms with Crippen molar-refractivity contribution in [3.05, 3.63) is 64.7 Å². The third-order valence-corrected chi connectivity index (χ3v) is 6.37. The predicted octanol–water partition coefficient (Wildman–Crippen LogP) is 3.22. The molecule has 3 rings (SSSR count). The summed E-state index contributed by atoms with van der Waals surface area (Å²) in [6, 6.07) is 12.2. The highest BCUT2D eigenvalue weighted by atomic mass is 16.4. The zero-order valence-electron chi connectivity index (χ0n) is 20.0. The first-order chi connectivity index (χ1) is 15.9. The highest BCUT2D eigenvalue weighted by molar-refractivity contribution is 6.05. The van der Waals surface area contributed by atoms with Crippen LogP contribution in [0.4, 0.5) is 5.69 Å². The number of benzene rings is 2. The maximum Gasteiger partial charge on any atom is 0.322 e. The van der Waals surface area contributed by atoms with Crippen LogP contribution in [0.25, 0.3) is 0 Å². The average molecular weight is 466 g/mol. The summed E-state index contributed by atoms with van der Waals surface area (Å²) in [5.41, 5.74) is 4.10. The summed E-state index contributed by atoms with van der Waals surface area (Å²) >= 11 is 0. The van der Waals surface area contributed by atoms with Crippen molar-refractivity contribution < 1.29 is 24.3 Å². The third-order valence-electron chi connectivity index (χ3n) is 6.37. The molecule has 0 aliphatic heterocycles. The second kappa shape index (κ2) is 9.67. The largest absolute Gasteiger partial charge is 0.480 e. The van der Waals surface area contributed by atoms with Crippen molar-refractivity contribution >= 4 is 29.4 Å². The summed E-state index contributed by atoms with van der Waals surface area (Å²) in [5.74, 6) is -2.57. The molecule has 0 fully saturated rings. The van der Waals surface area contributed by atoms with Gasteiger partial charge in [-0.15, -0.1) is 0 Å². The molecule has 1 aliphatic rings. The fourth-order valence-corrected chi connectivity index (χ4v) is 4.14. The van der Waals surface area contributed by atoms with E-state index in [-0.39, 0.29) is 28.8 Å². The van der Waals surface area contributed by atoms with Crippen LogP contribution in [0.2, 0.25) is 0 Å². The molecule has 180 valence electrons. The number of rotatable bonds is 7. The van der Waals surface area contributed by atoms with Crippen LogP contribution in [-0.4, -0.2) is 41.9 Å². The fourth-order valence-electron chi connectivity index (χ4n) is 4.14. The summed E-state index contributed by atoms with van der Waals surface area (Å²) in [6.45, 7) is 8.09. The third kappa shape index (κ3) is 5.81. The molecule has 0 radical (unpaired) electrons. The fraction of sp³-hybridized carbons (Fsp3) is 0.385. The summed E-state index contributed by atoms with van der Waals surface area (Å²) in [6.07, 6.45) is 2.20. The molecule has 0 aromatic heterocycles. The summed E-state index contributed by atoms with van der Waals surface area (Å²) in [7, 11) is 0. The minimum absolute atomic E-state index is 0.0329. The topological polar surface area (TPSA) is 125 Å². The van der Waals surface area contributed by atoms with Crippen LogP contribution in [-0.2, 0) is 20.4 Å². The number of hydrogen-bond donors (Lipinski definition) is 4. The molecule has 0 spiro atoms. The Bertz CT molecular complexity index is 1120. The van der Waals surface area contributed by atoms with Gasteiger partial charge >= 0.3 is 5.97 Å². The summed E-state index contributed by atoms with van der Waals surface area (Å²) in [4.78, 5) is 47.0. The normalized spacial score (nSPS) is 15.5. The molecule has 2 aromatic carbocycles. The molecule has 1 aliphatic carbocycles. The van der Waals surface area contributed by atoms with Crippen molar-refractivity contribution in [3.63, 3.8) is 0 Å². The lowest BCUT2D eigenvalue weighted by Crippen LogP contribution is -2.39. The first kappa shape index (κ1) is 25.0. The van der Waals surface area contributed by atoms with Gasteiger partial charge in [0.15, 0.2) is 0 Å². The Hall–Kier alpha value is -3.68. The molecule has 0 saturated heterocycles. The lowest BCUT2D eigenvalue weighted by molar-refractivity contribution is -0.137. The quantitative estimate of drug-likeness (QED) is 0.500. The lowest BCUT2D eigenvalue weighted by atomic mass is 9.63. The van der Waals surface area contributed by atoms with E-state index >= 15 is 0 Å². The van der Waals surface area contributed by atoms with Gasteiger partial charge < -0.3 is 21.1 Å². The minimum atomic E-state index is -1.17. The number of fused-ring (bicyclic) bond motifs is 1. The number of carboxylic acid groups (broad SMARTS) is 1. The number of anilines is 1. The number of aliphatic carboxylic acids is 1. The van der Waals surface area contributed by atoms with Gasteiger partial charge in [-0.25, -0.2) is 0 Å². The van der Waals surface area contributed by atoms with Gasteiger partial charge in [-0.3, -0.25) is 19.2 Å². The number of amides is 3. The molecule has 34 heavy (non-hydrogen) atoms. The molecule has 8 nitrogen and oxygen atoms in total. The van der Waals surface area contributed by atoms with Gasteiger partial charge in [0.2, 0.25) is 5.91 Å². The first-order valence-corrected chi connectivity index (χ1v) is 11.2. The second-order valence-electron chi connectivity index (χ2n) is 9.91. The molecule has 0 heterocycles. The van der Waals surface area contributed by atoms with Crippen LogP contribution in [0.15, 0.2) is 42.5 Å². The Morgan fingerprint density at radius 2 is 1.32 bits per heavy atom.